The van der Waals surface area contributed by atoms with Crippen LogP contribution in [0.1, 0.15) is 11.4 Å². The van der Waals surface area contributed by atoms with E-state index in [1.165, 1.54) is 4.68 Å². The van der Waals surface area contributed by atoms with Crippen LogP contribution in [0.2, 0.25) is 5.02 Å². The van der Waals surface area contributed by atoms with Gasteiger partial charge in [0.1, 0.15) is 10.7 Å². The third-order valence-electron chi connectivity index (χ3n) is 5.93. The monoisotopic (exact) mass is 462 g/mol. The van der Waals surface area contributed by atoms with Crippen LogP contribution in [0, 0.1) is 6.92 Å². The Morgan fingerprint density at radius 3 is 2.48 bits per heavy atom. The molecule has 0 atom stereocenters. The molecule has 8 nitrogen and oxygen atoms in total. The molecule has 0 amide bonds. The van der Waals surface area contributed by atoms with Crippen molar-refractivity contribution in [3.05, 3.63) is 97.9 Å². The van der Waals surface area contributed by atoms with Gasteiger partial charge in [0.15, 0.2) is 0 Å². The maximum absolute atomic E-state index is 12.8. The number of aromatic nitrogens is 4. The van der Waals surface area contributed by atoms with E-state index >= 15 is 0 Å². The van der Waals surface area contributed by atoms with Crippen LogP contribution in [0.3, 0.4) is 0 Å². The zero-order valence-electron chi connectivity index (χ0n) is 18.2. The quantitative estimate of drug-likeness (QED) is 0.464. The van der Waals surface area contributed by atoms with Gasteiger partial charge >= 0.3 is 0 Å². The maximum atomic E-state index is 12.8. The topological polar surface area (TPSA) is 75.7 Å². The van der Waals surface area contributed by atoms with Gasteiger partial charge in [-0.05, 0) is 31.2 Å². The lowest BCUT2D eigenvalue weighted by atomic mass is 10.2. The predicted molar refractivity (Wildman–Crippen MR) is 129 cm³/mol. The second-order valence-electron chi connectivity index (χ2n) is 8.11. The fourth-order valence-electron chi connectivity index (χ4n) is 4.22. The van der Waals surface area contributed by atoms with Crippen molar-refractivity contribution in [3.63, 3.8) is 0 Å². The van der Waals surface area contributed by atoms with E-state index in [1.54, 1.807) is 16.7 Å². The fourth-order valence-corrected chi connectivity index (χ4v) is 4.47. The van der Waals surface area contributed by atoms with E-state index in [4.69, 9.17) is 11.6 Å². The summed E-state index contributed by atoms with van der Waals surface area (Å²) in [6, 6.07) is 16.5. The van der Waals surface area contributed by atoms with Gasteiger partial charge in [0.2, 0.25) is 0 Å². The lowest BCUT2D eigenvalue weighted by molar-refractivity contribution is 0.247. The van der Waals surface area contributed by atoms with E-state index in [1.807, 2.05) is 55.5 Å². The van der Waals surface area contributed by atoms with Gasteiger partial charge in [-0.1, -0.05) is 35.9 Å². The number of hydrogen-bond acceptors (Lipinski definition) is 6. The molecule has 1 aliphatic heterocycles. The fraction of sp³-hybridized carbons (Fsp3) is 0.250. The Hall–Kier alpha value is -3.49. The molecule has 0 unspecified atom stereocenters. The van der Waals surface area contributed by atoms with Crippen LogP contribution in [-0.2, 0) is 6.54 Å². The Labute approximate surface area is 195 Å². The Balaban J connectivity index is 1.30. The summed E-state index contributed by atoms with van der Waals surface area (Å²) in [7, 11) is 0. The average molecular weight is 463 g/mol. The number of aryl methyl sites for hydroxylation is 1. The first kappa shape index (κ1) is 21.4. The molecule has 0 radical (unpaired) electrons. The van der Waals surface area contributed by atoms with Gasteiger partial charge in [-0.15, -0.1) is 0 Å². The molecule has 4 heterocycles. The third-order valence-corrected chi connectivity index (χ3v) is 6.29. The van der Waals surface area contributed by atoms with Crippen LogP contribution in [0.4, 0.5) is 5.69 Å². The zero-order valence-corrected chi connectivity index (χ0v) is 18.9. The maximum Gasteiger partial charge on any atom is 0.292 e. The number of halogens is 1. The summed E-state index contributed by atoms with van der Waals surface area (Å²) in [4.78, 5) is 34.3. The molecule has 0 bridgehead atoms. The highest BCUT2D eigenvalue weighted by Gasteiger charge is 2.22. The number of anilines is 1. The molecular formula is C24H23ClN6O2. The molecule has 0 N–H and O–H groups in total. The van der Waals surface area contributed by atoms with Crippen molar-refractivity contribution in [2.75, 3.05) is 31.1 Å². The molecule has 5 rings (SSSR count). The lowest BCUT2D eigenvalue weighted by Crippen LogP contribution is -2.46. The lowest BCUT2D eigenvalue weighted by Gasteiger charge is -2.36. The van der Waals surface area contributed by atoms with Crippen LogP contribution in [-0.4, -0.2) is 50.2 Å². The molecule has 168 valence electrons. The van der Waals surface area contributed by atoms with Crippen LogP contribution in [0.5, 0.6) is 0 Å². The predicted octanol–water partition coefficient (Wildman–Crippen LogP) is 2.52. The molecular weight excluding hydrogens is 440 g/mol. The number of para-hydroxylation sites is 1. The second-order valence-corrected chi connectivity index (χ2v) is 8.48. The first-order valence-electron chi connectivity index (χ1n) is 10.8. The summed E-state index contributed by atoms with van der Waals surface area (Å²) in [5.41, 5.74) is 3.20. The van der Waals surface area contributed by atoms with E-state index in [2.05, 4.69) is 19.9 Å². The Morgan fingerprint density at radius 2 is 1.73 bits per heavy atom. The molecule has 0 saturated carbocycles. The van der Waals surface area contributed by atoms with E-state index in [0.717, 1.165) is 24.5 Å². The van der Waals surface area contributed by atoms with Crippen molar-refractivity contribution < 1.29 is 0 Å². The first-order chi connectivity index (χ1) is 16.0. The number of benzene rings is 1. The molecule has 0 aliphatic carbocycles. The summed E-state index contributed by atoms with van der Waals surface area (Å²) in [5.74, 6) is 0. The van der Waals surface area contributed by atoms with Gasteiger partial charge in [0.25, 0.3) is 11.1 Å². The third kappa shape index (κ3) is 4.15. The summed E-state index contributed by atoms with van der Waals surface area (Å²) < 4.78 is 2.93. The molecule has 0 spiro atoms. The molecule has 4 aromatic rings. The summed E-state index contributed by atoms with van der Waals surface area (Å²) in [6.45, 7) is 5.39. The van der Waals surface area contributed by atoms with E-state index in [9.17, 15) is 9.59 Å². The standard InChI is InChI=1S/C24H23ClN6O2/c1-17-6-5-9-21-27-18(14-22(32)30(17)21)16-28-10-12-29(13-11-28)20-15-26-31(24(33)23(20)25)19-7-3-2-4-8-19/h2-9,14-15H,10-13,16H2,1H3. The smallest absolute Gasteiger partial charge is 0.292 e. The number of piperazine rings is 1. The van der Waals surface area contributed by atoms with Gasteiger partial charge in [-0.2, -0.15) is 9.78 Å². The van der Waals surface area contributed by atoms with Crippen LogP contribution in [0.25, 0.3) is 11.3 Å². The largest absolute Gasteiger partial charge is 0.366 e. The SMILES string of the molecule is Cc1cccc2nc(CN3CCN(c4cnn(-c5ccccc5)c(=O)c4Cl)CC3)cc(=O)n12. The average Bonchev–Trinajstić information content (AvgIpc) is 2.82. The van der Waals surface area contributed by atoms with Crippen molar-refractivity contribution in [1.82, 2.24) is 24.1 Å². The molecule has 3 aromatic heterocycles. The number of fused-ring (bicyclic) bond motifs is 1. The zero-order chi connectivity index (χ0) is 22.9. The molecule has 1 aromatic carbocycles. The van der Waals surface area contributed by atoms with Crippen molar-refractivity contribution >= 4 is 22.9 Å². The van der Waals surface area contributed by atoms with Gasteiger partial charge in [-0.25, -0.2) is 4.98 Å². The summed E-state index contributed by atoms with van der Waals surface area (Å²) in [6.07, 6.45) is 1.65. The van der Waals surface area contributed by atoms with Crippen LogP contribution < -0.4 is 16.0 Å². The van der Waals surface area contributed by atoms with Gasteiger partial charge in [0.05, 0.1) is 23.3 Å². The first-order valence-corrected chi connectivity index (χ1v) is 11.2. The minimum Gasteiger partial charge on any atom is -0.366 e. The van der Waals surface area contributed by atoms with Gasteiger partial charge < -0.3 is 4.90 Å². The second kappa shape index (κ2) is 8.80. The van der Waals surface area contributed by atoms with E-state index in [0.29, 0.717) is 36.7 Å². The van der Waals surface area contributed by atoms with Crippen molar-refractivity contribution in [2.24, 2.45) is 0 Å². The highest BCUT2D eigenvalue weighted by molar-refractivity contribution is 6.33. The van der Waals surface area contributed by atoms with E-state index < -0.39 is 0 Å². The number of nitrogens with zero attached hydrogens (tertiary/aromatic N) is 6. The number of pyridine rings is 1. The molecule has 1 fully saturated rings. The summed E-state index contributed by atoms with van der Waals surface area (Å²) >= 11 is 6.46. The van der Waals surface area contributed by atoms with Crippen molar-refractivity contribution in [3.8, 4) is 5.69 Å². The van der Waals surface area contributed by atoms with Crippen molar-refractivity contribution in [1.29, 1.82) is 0 Å². The van der Waals surface area contributed by atoms with Crippen LogP contribution >= 0.6 is 11.6 Å². The molecule has 1 saturated heterocycles. The number of hydrogen-bond donors (Lipinski definition) is 0. The molecule has 33 heavy (non-hydrogen) atoms. The Kier molecular flexibility index (Phi) is 5.70. The Bertz CT molecular complexity index is 1420. The summed E-state index contributed by atoms with van der Waals surface area (Å²) in [5, 5.41) is 4.50. The van der Waals surface area contributed by atoms with Gasteiger partial charge in [0, 0.05) is 44.5 Å². The van der Waals surface area contributed by atoms with E-state index in [-0.39, 0.29) is 16.1 Å². The normalized spacial score (nSPS) is 14.7. The minimum absolute atomic E-state index is 0.0661. The number of rotatable bonds is 4. The highest BCUT2D eigenvalue weighted by atomic mass is 35.5. The van der Waals surface area contributed by atoms with Gasteiger partial charge in [-0.3, -0.25) is 18.9 Å². The highest BCUT2D eigenvalue weighted by Crippen LogP contribution is 2.23. The minimum atomic E-state index is -0.334. The van der Waals surface area contributed by atoms with Crippen LogP contribution in [0.15, 0.2) is 70.4 Å². The van der Waals surface area contributed by atoms with Crippen molar-refractivity contribution in [2.45, 2.75) is 13.5 Å². The molecule has 1 aliphatic rings. The Morgan fingerprint density at radius 1 is 0.970 bits per heavy atom. The molecule has 9 heteroatoms.